The Labute approximate surface area is 111 Å². The Balaban J connectivity index is 0.00000256. The van der Waals surface area contributed by atoms with Crippen LogP contribution in [0.25, 0.3) is 0 Å². The predicted molar refractivity (Wildman–Crippen MR) is 75.9 cm³/mol. The molecule has 0 radical (unpaired) electrons. The molecule has 1 aromatic carbocycles. The van der Waals surface area contributed by atoms with Crippen molar-refractivity contribution >= 4 is 12.4 Å². The van der Waals surface area contributed by atoms with Crippen LogP contribution in [0.3, 0.4) is 0 Å². The Morgan fingerprint density at radius 3 is 2.24 bits per heavy atom. The van der Waals surface area contributed by atoms with Crippen LogP contribution in [0.15, 0.2) is 24.3 Å². The molecule has 1 atom stereocenters. The molecule has 2 N–H and O–H groups in total. The first-order chi connectivity index (χ1) is 7.63. The molecule has 0 bridgehead atoms. The third-order valence-electron chi connectivity index (χ3n) is 2.55. The molecular formula is C14H24ClNO. The molecule has 0 saturated carbocycles. The van der Waals surface area contributed by atoms with Crippen molar-refractivity contribution in [2.24, 2.45) is 5.73 Å². The van der Waals surface area contributed by atoms with Gasteiger partial charge < -0.3 is 10.5 Å². The molecule has 0 spiro atoms. The van der Waals surface area contributed by atoms with Crippen LogP contribution in [0.5, 0.6) is 5.75 Å². The molecular weight excluding hydrogens is 234 g/mol. The highest BCUT2D eigenvalue weighted by atomic mass is 35.5. The third kappa shape index (κ3) is 5.94. The quantitative estimate of drug-likeness (QED) is 0.833. The van der Waals surface area contributed by atoms with Crippen LogP contribution in [-0.4, -0.2) is 6.10 Å². The minimum Gasteiger partial charge on any atom is -0.491 e. The van der Waals surface area contributed by atoms with Crippen LogP contribution in [0.1, 0.15) is 51.6 Å². The van der Waals surface area contributed by atoms with Gasteiger partial charge in [-0.2, -0.15) is 0 Å². The molecule has 0 aliphatic rings. The molecule has 0 aromatic heterocycles. The van der Waals surface area contributed by atoms with Crippen LogP contribution in [0.4, 0.5) is 0 Å². The highest BCUT2D eigenvalue weighted by Gasteiger charge is 2.05. The number of nitrogens with two attached hydrogens (primary N) is 1. The number of rotatable bonds is 6. The van der Waals surface area contributed by atoms with Crippen molar-refractivity contribution in [2.75, 3.05) is 0 Å². The minimum absolute atomic E-state index is 0. The monoisotopic (exact) mass is 257 g/mol. The first kappa shape index (κ1) is 16.3. The average molecular weight is 258 g/mol. The highest BCUT2D eigenvalue weighted by molar-refractivity contribution is 5.85. The maximum absolute atomic E-state index is 6.09. The number of ether oxygens (including phenoxy) is 1. The molecule has 0 saturated heterocycles. The van der Waals surface area contributed by atoms with E-state index in [4.69, 9.17) is 10.5 Å². The van der Waals surface area contributed by atoms with Crippen LogP contribution in [0.2, 0.25) is 0 Å². The average Bonchev–Trinajstić information content (AvgIpc) is 2.26. The van der Waals surface area contributed by atoms with Crippen molar-refractivity contribution in [2.45, 2.75) is 52.2 Å². The van der Waals surface area contributed by atoms with Crippen LogP contribution in [0, 0.1) is 0 Å². The molecule has 3 heteroatoms. The van der Waals surface area contributed by atoms with Crippen molar-refractivity contribution in [1.29, 1.82) is 0 Å². The summed E-state index contributed by atoms with van der Waals surface area (Å²) < 4.78 is 5.59. The zero-order valence-electron chi connectivity index (χ0n) is 11.0. The second-order valence-corrected chi connectivity index (χ2v) is 4.48. The maximum atomic E-state index is 6.09. The Morgan fingerprint density at radius 2 is 1.76 bits per heavy atom. The van der Waals surface area contributed by atoms with Gasteiger partial charge in [0.2, 0.25) is 0 Å². The molecule has 1 aromatic rings. The van der Waals surface area contributed by atoms with Gasteiger partial charge in [0.15, 0.2) is 0 Å². The summed E-state index contributed by atoms with van der Waals surface area (Å²) in [7, 11) is 0. The lowest BCUT2D eigenvalue weighted by Crippen LogP contribution is -2.10. The summed E-state index contributed by atoms with van der Waals surface area (Å²) >= 11 is 0. The Bertz CT molecular complexity index is 298. The molecule has 2 nitrogen and oxygen atoms in total. The number of hydrogen-bond acceptors (Lipinski definition) is 2. The Kier molecular flexibility index (Phi) is 8.01. The molecule has 0 amide bonds. The van der Waals surface area contributed by atoms with Gasteiger partial charge in [-0.15, -0.1) is 12.4 Å². The zero-order valence-corrected chi connectivity index (χ0v) is 11.8. The second-order valence-electron chi connectivity index (χ2n) is 4.48. The van der Waals surface area contributed by atoms with Crippen molar-refractivity contribution in [3.63, 3.8) is 0 Å². The van der Waals surface area contributed by atoms with E-state index in [1.165, 1.54) is 18.4 Å². The van der Waals surface area contributed by atoms with E-state index in [2.05, 4.69) is 19.1 Å². The van der Waals surface area contributed by atoms with Gasteiger partial charge in [-0.3, -0.25) is 0 Å². The lowest BCUT2D eigenvalue weighted by Gasteiger charge is -2.13. The van der Waals surface area contributed by atoms with E-state index in [-0.39, 0.29) is 24.6 Å². The number of hydrogen-bond donors (Lipinski definition) is 1. The summed E-state index contributed by atoms with van der Waals surface area (Å²) in [5.41, 5.74) is 7.29. The van der Waals surface area contributed by atoms with Crippen LogP contribution >= 0.6 is 12.4 Å². The topological polar surface area (TPSA) is 35.2 Å². The van der Waals surface area contributed by atoms with E-state index >= 15 is 0 Å². The van der Waals surface area contributed by atoms with Crippen molar-refractivity contribution in [1.82, 2.24) is 0 Å². The molecule has 17 heavy (non-hydrogen) atoms. The summed E-state index contributed by atoms with van der Waals surface area (Å²) in [6.07, 6.45) is 3.66. The summed E-state index contributed by atoms with van der Waals surface area (Å²) in [4.78, 5) is 0. The number of unbranched alkanes of at least 4 members (excludes halogenated alkanes) is 1. The Hall–Kier alpha value is -0.730. The fraction of sp³-hybridized carbons (Fsp3) is 0.571. The van der Waals surface area contributed by atoms with Crippen LogP contribution < -0.4 is 10.5 Å². The number of halogens is 1. The normalized spacial score (nSPS) is 12.1. The minimum atomic E-state index is 0. The third-order valence-corrected chi connectivity index (χ3v) is 2.55. The lowest BCUT2D eigenvalue weighted by atomic mass is 10.0. The Morgan fingerprint density at radius 1 is 1.18 bits per heavy atom. The fourth-order valence-electron chi connectivity index (χ4n) is 1.66. The summed E-state index contributed by atoms with van der Waals surface area (Å²) in [5, 5.41) is 0. The summed E-state index contributed by atoms with van der Waals surface area (Å²) in [6.45, 7) is 6.24. The maximum Gasteiger partial charge on any atom is 0.119 e. The van der Waals surface area contributed by atoms with Gasteiger partial charge in [-0.25, -0.2) is 0 Å². The molecule has 98 valence electrons. The lowest BCUT2D eigenvalue weighted by molar-refractivity contribution is 0.242. The molecule has 0 aliphatic carbocycles. The van der Waals surface area contributed by atoms with Gasteiger partial charge in [0.25, 0.3) is 0 Å². The molecule has 0 unspecified atom stereocenters. The van der Waals surface area contributed by atoms with E-state index in [0.717, 1.165) is 12.2 Å². The van der Waals surface area contributed by atoms with Gasteiger partial charge in [0.05, 0.1) is 6.10 Å². The zero-order chi connectivity index (χ0) is 12.0. The largest absolute Gasteiger partial charge is 0.491 e. The standard InChI is InChI=1S/C14H23NO.ClH/c1-4-5-6-14(15)12-7-9-13(10-8-12)16-11(2)3;/h7-11,14H,4-6,15H2,1-3H3;1H/t14-;/m1./s1. The van der Waals surface area contributed by atoms with E-state index in [9.17, 15) is 0 Å². The van der Waals surface area contributed by atoms with E-state index in [1.54, 1.807) is 0 Å². The van der Waals surface area contributed by atoms with E-state index in [0.29, 0.717) is 0 Å². The number of benzene rings is 1. The molecule has 0 aliphatic heterocycles. The van der Waals surface area contributed by atoms with Crippen molar-refractivity contribution in [3.05, 3.63) is 29.8 Å². The van der Waals surface area contributed by atoms with Gasteiger partial charge in [-0.1, -0.05) is 31.9 Å². The van der Waals surface area contributed by atoms with E-state index < -0.39 is 0 Å². The SMILES string of the molecule is CCCC[C@@H](N)c1ccc(OC(C)C)cc1.Cl. The predicted octanol–water partition coefficient (Wildman–Crippen LogP) is 4.09. The smallest absolute Gasteiger partial charge is 0.119 e. The van der Waals surface area contributed by atoms with Gasteiger partial charge >= 0.3 is 0 Å². The molecule has 0 fully saturated rings. The van der Waals surface area contributed by atoms with Gasteiger partial charge in [-0.05, 0) is 38.0 Å². The van der Waals surface area contributed by atoms with Gasteiger partial charge in [0, 0.05) is 6.04 Å². The summed E-state index contributed by atoms with van der Waals surface area (Å²) in [6, 6.07) is 8.30. The van der Waals surface area contributed by atoms with Gasteiger partial charge in [0.1, 0.15) is 5.75 Å². The molecule has 1 rings (SSSR count). The van der Waals surface area contributed by atoms with Crippen molar-refractivity contribution < 1.29 is 4.74 Å². The van der Waals surface area contributed by atoms with Crippen LogP contribution in [-0.2, 0) is 0 Å². The second kappa shape index (κ2) is 8.37. The van der Waals surface area contributed by atoms with E-state index in [1.807, 2.05) is 26.0 Å². The fourth-order valence-corrected chi connectivity index (χ4v) is 1.66. The summed E-state index contributed by atoms with van der Waals surface area (Å²) in [5.74, 6) is 0.918. The van der Waals surface area contributed by atoms with Crippen molar-refractivity contribution in [3.8, 4) is 5.75 Å². The first-order valence-electron chi connectivity index (χ1n) is 6.15. The highest BCUT2D eigenvalue weighted by Crippen LogP contribution is 2.20. The first-order valence-corrected chi connectivity index (χ1v) is 6.15. The molecule has 0 heterocycles.